The fraction of sp³-hybridized carbons (Fsp3) is 0.511. The molecule has 0 saturated heterocycles. The van der Waals surface area contributed by atoms with E-state index >= 15 is 0 Å². The lowest BCUT2D eigenvalue weighted by atomic mass is 10.0. The number of hydrogen-bond donors (Lipinski definition) is 2. The minimum atomic E-state index is -0.304. The number of aryl methyl sites for hydroxylation is 2. The van der Waals surface area contributed by atoms with E-state index in [2.05, 4.69) is 51.6 Å². The van der Waals surface area contributed by atoms with Gasteiger partial charge in [0.2, 0.25) is 11.9 Å². The molecule has 1 heterocycles. The average Bonchev–Trinajstić information content (AvgIpc) is 3.19. The predicted molar refractivity (Wildman–Crippen MR) is 225 cm³/mol. The molecule has 1 aromatic heterocycles. The lowest BCUT2D eigenvalue weighted by Gasteiger charge is -2.11. The van der Waals surface area contributed by atoms with Gasteiger partial charge in [0.1, 0.15) is 0 Å². The Balaban J connectivity index is 1.31. The minimum Gasteiger partial charge on any atom is -0.290 e. The van der Waals surface area contributed by atoms with Crippen LogP contribution in [-0.2, 0) is 12.8 Å². The van der Waals surface area contributed by atoms with Crippen molar-refractivity contribution in [2.75, 3.05) is 10.6 Å². The van der Waals surface area contributed by atoms with Gasteiger partial charge in [0, 0.05) is 16.7 Å². The maximum absolute atomic E-state index is 13.5. The van der Waals surface area contributed by atoms with E-state index in [1.807, 2.05) is 66.7 Å². The van der Waals surface area contributed by atoms with Crippen LogP contribution >= 0.6 is 0 Å². The summed E-state index contributed by atoms with van der Waals surface area (Å²) in [4.78, 5) is 40.5. The highest BCUT2D eigenvalue weighted by molar-refractivity contribution is 6.05. The number of aromatic nitrogens is 3. The molecule has 0 aliphatic rings. The quantitative estimate of drug-likeness (QED) is 0.0595. The average molecular weight is 732 g/mol. The molecule has 290 valence electrons. The first kappa shape index (κ1) is 42.4. The Hall–Kier alpha value is -4.39. The summed E-state index contributed by atoms with van der Waals surface area (Å²) >= 11 is 0. The van der Waals surface area contributed by atoms with Crippen molar-refractivity contribution >= 4 is 23.7 Å². The standard InChI is InChI=1S/C47H65N5O2/c1-3-5-7-9-11-13-15-17-19-22-28-38-30-26-34-41(36-38)44(53)50-46-48-43(40-32-24-21-25-33-40)49-47(52-46)51-45(54)42-35-27-31-39(37-42)29-23-20-18-16-14-12-10-8-6-4-2/h21,24-27,30-37H,3-20,22-23,28-29H2,1-2H3,(H2,48,49,50,51,52,53,54). The van der Waals surface area contributed by atoms with Crippen LogP contribution in [0.25, 0.3) is 11.4 Å². The number of amides is 2. The number of carbonyl (C=O) groups is 2. The largest absolute Gasteiger partial charge is 0.290 e. The molecule has 7 heteroatoms. The van der Waals surface area contributed by atoms with Crippen molar-refractivity contribution in [2.45, 2.75) is 155 Å². The summed E-state index contributed by atoms with van der Waals surface area (Å²) in [5, 5.41) is 5.73. The van der Waals surface area contributed by atoms with Gasteiger partial charge in [-0.1, -0.05) is 184 Å². The lowest BCUT2D eigenvalue weighted by molar-refractivity contribution is 0.101. The molecule has 0 radical (unpaired) electrons. The third kappa shape index (κ3) is 16.3. The molecule has 7 nitrogen and oxygen atoms in total. The number of rotatable bonds is 27. The third-order valence-electron chi connectivity index (χ3n) is 10.1. The van der Waals surface area contributed by atoms with Gasteiger partial charge in [-0.25, -0.2) is 0 Å². The van der Waals surface area contributed by atoms with Crippen molar-refractivity contribution in [3.05, 3.63) is 101 Å². The Kier molecular flexibility index (Phi) is 20.1. The summed E-state index contributed by atoms with van der Waals surface area (Å²) in [7, 11) is 0. The molecule has 2 N–H and O–H groups in total. The van der Waals surface area contributed by atoms with Crippen LogP contribution in [0.2, 0.25) is 0 Å². The van der Waals surface area contributed by atoms with E-state index in [0.29, 0.717) is 17.0 Å². The fourth-order valence-corrected chi connectivity index (χ4v) is 6.92. The molecule has 0 aliphatic heterocycles. The maximum Gasteiger partial charge on any atom is 0.258 e. The smallest absolute Gasteiger partial charge is 0.258 e. The molecule has 0 bridgehead atoms. The van der Waals surface area contributed by atoms with Crippen LogP contribution in [0.15, 0.2) is 78.9 Å². The van der Waals surface area contributed by atoms with E-state index in [9.17, 15) is 9.59 Å². The van der Waals surface area contributed by atoms with E-state index in [1.165, 1.54) is 116 Å². The van der Waals surface area contributed by atoms with E-state index in [4.69, 9.17) is 0 Å². The van der Waals surface area contributed by atoms with E-state index in [1.54, 1.807) is 0 Å². The molecule has 0 atom stereocenters. The first-order valence-corrected chi connectivity index (χ1v) is 21.2. The summed E-state index contributed by atoms with van der Waals surface area (Å²) in [5.41, 5.74) is 4.14. The highest BCUT2D eigenvalue weighted by Crippen LogP contribution is 2.20. The number of nitrogens with zero attached hydrogens (tertiary/aromatic N) is 3. The number of anilines is 2. The SMILES string of the molecule is CCCCCCCCCCCCc1cccc(C(=O)Nc2nc(NC(=O)c3cccc(CCCCCCCCCCCC)c3)nc(-c3ccccc3)n2)c1. The first-order valence-electron chi connectivity index (χ1n) is 21.2. The molecule has 0 spiro atoms. The van der Waals surface area contributed by atoms with Crippen LogP contribution < -0.4 is 10.6 Å². The van der Waals surface area contributed by atoms with Crippen LogP contribution in [0, 0.1) is 0 Å². The number of unbranched alkanes of at least 4 members (excludes halogenated alkanes) is 18. The molecule has 0 aliphatic carbocycles. The second-order valence-electron chi connectivity index (χ2n) is 14.8. The summed E-state index contributed by atoms with van der Waals surface area (Å²) < 4.78 is 0. The third-order valence-corrected chi connectivity index (χ3v) is 10.1. The van der Waals surface area contributed by atoms with Gasteiger partial charge in [-0.3, -0.25) is 20.2 Å². The van der Waals surface area contributed by atoms with Gasteiger partial charge in [-0.05, 0) is 61.1 Å². The van der Waals surface area contributed by atoms with Gasteiger partial charge < -0.3 is 0 Å². The highest BCUT2D eigenvalue weighted by atomic mass is 16.2. The lowest BCUT2D eigenvalue weighted by Crippen LogP contribution is -2.19. The van der Waals surface area contributed by atoms with Gasteiger partial charge >= 0.3 is 0 Å². The zero-order chi connectivity index (χ0) is 38.1. The Morgan fingerprint density at radius 3 is 1.24 bits per heavy atom. The van der Waals surface area contributed by atoms with Crippen molar-refractivity contribution in [2.24, 2.45) is 0 Å². The molecule has 0 unspecified atom stereocenters. The van der Waals surface area contributed by atoms with Crippen molar-refractivity contribution in [1.82, 2.24) is 15.0 Å². The Bertz CT molecular complexity index is 1560. The molecule has 2 amide bonds. The molecular formula is C47H65N5O2. The van der Waals surface area contributed by atoms with Crippen LogP contribution in [0.4, 0.5) is 11.9 Å². The molecule has 3 aromatic carbocycles. The van der Waals surface area contributed by atoms with Crippen LogP contribution in [-0.4, -0.2) is 26.8 Å². The summed E-state index contributed by atoms with van der Waals surface area (Å²) in [5.74, 6) is -0.0808. The molecule has 4 aromatic rings. The minimum absolute atomic E-state index is 0.0824. The summed E-state index contributed by atoms with van der Waals surface area (Å²) in [6.45, 7) is 4.52. The Labute approximate surface area is 325 Å². The van der Waals surface area contributed by atoms with E-state index in [-0.39, 0.29) is 23.7 Å². The molecule has 4 rings (SSSR count). The second kappa shape index (κ2) is 25.6. The topological polar surface area (TPSA) is 96.9 Å². The Morgan fingerprint density at radius 1 is 0.444 bits per heavy atom. The van der Waals surface area contributed by atoms with Gasteiger partial charge in [-0.15, -0.1) is 0 Å². The molecule has 0 fully saturated rings. The number of hydrogen-bond acceptors (Lipinski definition) is 5. The van der Waals surface area contributed by atoms with Gasteiger partial charge in [-0.2, -0.15) is 15.0 Å². The summed E-state index contributed by atoms with van der Waals surface area (Å²) in [6.07, 6.45) is 27.8. The van der Waals surface area contributed by atoms with Crippen molar-refractivity contribution in [3.8, 4) is 11.4 Å². The van der Waals surface area contributed by atoms with E-state index in [0.717, 1.165) is 42.4 Å². The normalized spacial score (nSPS) is 11.1. The van der Waals surface area contributed by atoms with E-state index < -0.39 is 0 Å². The van der Waals surface area contributed by atoms with Gasteiger partial charge in [0.25, 0.3) is 11.8 Å². The first-order chi connectivity index (χ1) is 26.6. The monoisotopic (exact) mass is 732 g/mol. The molecule has 0 saturated carbocycles. The Morgan fingerprint density at radius 2 is 0.833 bits per heavy atom. The van der Waals surface area contributed by atoms with Crippen LogP contribution in [0.5, 0.6) is 0 Å². The zero-order valence-corrected chi connectivity index (χ0v) is 33.2. The van der Waals surface area contributed by atoms with Gasteiger partial charge in [0.05, 0.1) is 0 Å². The predicted octanol–water partition coefficient (Wildman–Crippen LogP) is 13.0. The summed E-state index contributed by atoms with van der Waals surface area (Å²) in [6, 6.07) is 25.0. The number of carbonyl (C=O) groups excluding carboxylic acids is 2. The van der Waals surface area contributed by atoms with Gasteiger partial charge in [0.15, 0.2) is 5.82 Å². The van der Waals surface area contributed by atoms with Crippen molar-refractivity contribution < 1.29 is 9.59 Å². The second-order valence-corrected chi connectivity index (χ2v) is 14.8. The van der Waals surface area contributed by atoms with Crippen molar-refractivity contribution in [1.29, 1.82) is 0 Å². The number of benzene rings is 3. The fourth-order valence-electron chi connectivity index (χ4n) is 6.92. The van der Waals surface area contributed by atoms with Crippen LogP contribution in [0.1, 0.15) is 174 Å². The van der Waals surface area contributed by atoms with Crippen molar-refractivity contribution in [3.63, 3.8) is 0 Å². The highest BCUT2D eigenvalue weighted by Gasteiger charge is 2.16. The number of nitrogens with one attached hydrogen (secondary N) is 2. The van der Waals surface area contributed by atoms with Crippen LogP contribution in [0.3, 0.4) is 0 Å². The zero-order valence-electron chi connectivity index (χ0n) is 33.2. The maximum atomic E-state index is 13.5. The molecule has 54 heavy (non-hydrogen) atoms. The molecular weight excluding hydrogens is 667 g/mol.